The van der Waals surface area contributed by atoms with Crippen LogP contribution >= 0.6 is 11.3 Å². The lowest BCUT2D eigenvalue weighted by atomic mass is 10.1. The Kier molecular flexibility index (Phi) is 5.66. The fourth-order valence-corrected chi connectivity index (χ4v) is 4.60. The van der Waals surface area contributed by atoms with Crippen LogP contribution in [0.25, 0.3) is 10.9 Å². The average molecular weight is 439 g/mol. The second kappa shape index (κ2) is 8.40. The first-order valence-electron chi connectivity index (χ1n) is 9.84. The van der Waals surface area contributed by atoms with Crippen LogP contribution in [0.5, 0.6) is 0 Å². The summed E-state index contributed by atoms with van der Waals surface area (Å²) in [6.07, 6.45) is 1.09. The number of nitrogens with zero attached hydrogens (tertiary/aromatic N) is 2. The molecule has 3 aromatic rings. The van der Waals surface area contributed by atoms with E-state index in [2.05, 4.69) is 15.6 Å². The van der Waals surface area contributed by atoms with Crippen molar-refractivity contribution < 1.29 is 14.4 Å². The zero-order valence-electron chi connectivity index (χ0n) is 16.8. The Balaban J connectivity index is 1.70. The summed E-state index contributed by atoms with van der Waals surface area (Å²) in [6.45, 7) is 2.13. The van der Waals surface area contributed by atoms with E-state index in [4.69, 9.17) is 5.73 Å². The molecule has 0 saturated carbocycles. The normalized spacial score (nSPS) is 16.4. The minimum Gasteiger partial charge on any atom is -0.330 e. The topological polar surface area (TPSA) is 136 Å². The molecule has 160 valence electrons. The monoisotopic (exact) mass is 439 g/mol. The van der Waals surface area contributed by atoms with E-state index in [9.17, 15) is 19.2 Å². The number of aromatic nitrogens is 2. The number of amides is 3. The maximum Gasteiger partial charge on any atom is 0.265 e. The van der Waals surface area contributed by atoms with Crippen LogP contribution in [-0.4, -0.2) is 33.8 Å². The molecule has 2 aromatic heterocycles. The van der Waals surface area contributed by atoms with Gasteiger partial charge in [-0.15, -0.1) is 11.3 Å². The predicted molar refractivity (Wildman–Crippen MR) is 117 cm³/mol. The van der Waals surface area contributed by atoms with Gasteiger partial charge in [-0.3, -0.25) is 29.1 Å². The highest BCUT2D eigenvalue weighted by molar-refractivity contribution is 7.14. The van der Waals surface area contributed by atoms with Gasteiger partial charge in [0.15, 0.2) is 0 Å². The molecule has 9 nitrogen and oxygen atoms in total. The van der Waals surface area contributed by atoms with Crippen molar-refractivity contribution >= 4 is 45.6 Å². The van der Waals surface area contributed by atoms with Crippen molar-refractivity contribution in [3.8, 4) is 0 Å². The van der Waals surface area contributed by atoms with E-state index < -0.39 is 17.5 Å². The fraction of sp³-hybridized carbons (Fsp3) is 0.286. The van der Waals surface area contributed by atoms with Crippen molar-refractivity contribution in [2.45, 2.75) is 32.2 Å². The van der Waals surface area contributed by atoms with Gasteiger partial charge in [-0.2, -0.15) is 0 Å². The SMILES string of the molecule is Cc1nc2c(NC(=O)c3ccc(CCN)s3)cccc2c(=O)n1C1CCC(=O)NC1=O. The maximum atomic E-state index is 13.2. The molecule has 0 aliphatic carbocycles. The van der Waals surface area contributed by atoms with Crippen molar-refractivity contribution in [1.82, 2.24) is 14.9 Å². The lowest BCUT2D eigenvalue weighted by molar-refractivity contribution is -0.135. The first-order valence-corrected chi connectivity index (χ1v) is 10.7. The molecule has 1 aliphatic rings. The lowest BCUT2D eigenvalue weighted by Crippen LogP contribution is -2.45. The summed E-state index contributed by atoms with van der Waals surface area (Å²) in [6, 6.07) is 7.75. The van der Waals surface area contributed by atoms with E-state index in [-0.39, 0.29) is 30.0 Å². The van der Waals surface area contributed by atoms with E-state index in [1.54, 1.807) is 31.2 Å². The molecule has 1 aliphatic heterocycles. The van der Waals surface area contributed by atoms with Crippen molar-refractivity contribution in [2.75, 3.05) is 11.9 Å². The number of nitrogens with two attached hydrogens (primary N) is 1. The highest BCUT2D eigenvalue weighted by atomic mass is 32.1. The summed E-state index contributed by atoms with van der Waals surface area (Å²) in [4.78, 5) is 55.7. The summed E-state index contributed by atoms with van der Waals surface area (Å²) in [5.74, 6) is -0.837. The smallest absolute Gasteiger partial charge is 0.265 e. The Hall–Kier alpha value is -3.37. The van der Waals surface area contributed by atoms with Crippen LogP contribution in [0.4, 0.5) is 5.69 Å². The molecule has 1 fully saturated rings. The van der Waals surface area contributed by atoms with Crippen LogP contribution in [0.2, 0.25) is 0 Å². The van der Waals surface area contributed by atoms with Gasteiger partial charge < -0.3 is 11.1 Å². The standard InChI is InChI=1S/C21H21N5O4S/c1-11-23-18-13(21(30)26(11)15-6-8-17(27)25-19(15)28)3-2-4-14(18)24-20(29)16-7-5-12(31-16)9-10-22/h2-5,7,15H,6,8-10,22H2,1H3,(H,24,29)(H,25,27,28). The summed E-state index contributed by atoms with van der Waals surface area (Å²) in [5.41, 5.74) is 5.93. The zero-order valence-corrected chi connectivity index (χ0v) is 17.6. The molecule has 0 spiro atoms. The van der Waals surface area contributed by atoms with Gasteiger partial charge in [-0.1, -0.05) is 6.07 Å². The summed E-state index contributed by atoms with van der Waals surface area (Å²) >= 11 is 1.37. The Morgan fingerprint density at radius 2 is 2.10 bits per heavy atom. The van der Waals surface area contributed by atoms with E-state index in [1.165, 1.54) is 15.9 Å². The maximum absolute atomic E-state index is 13.2. The molecule has 1 unspecified atom stereocenters. The number of thiophene rings is 1. The third-order valence-electron chi connectivity index (χ3n) is 5.15. The molecule has 3 amide bonds. The van der Waals surface area contributed by atoms with Gasteiger partial charge in [0.05, 0.1) is 16.0 Å². The quantitative estimate of drug-likeness (QED) is 0.516. The highest BCUT2D eigenvalue weighted by Gasteiger charge is 2.30. The first kappa shape index (κ1) is 20.9. The minimum atomic E-state index is -0.799. The number of hydrogen-bond donors (Lipinski definition) is 3. The Labute approximate surface area is 181 Å². The third-order valence-corrected chi connectivity index (χ3v) is 6.30. The zero-order chi connectivity index (χ0) is 22.1. The number of para-hydroxylation sites is 1. The molecule has 4 rings (SSSR count). The number of benzene rings is 1. The number of rotatable bonds is 5. The summed E-state index contributed by atoms with van der Waals surface area (Å²) in [5, 5.41) is 5.38. The molecule has 3 heterocycles. The van der Waals surface area contributed by atoms with Crippen molar-refractivity contribution in [3.63, 3.8) is 0 Å². The predicted octanol–water partition coefficient (Wildman–Crippen LogP) is 1.50. The van der Waals surface area contributed by atoms with Gasteiger partial charge in [0.2, 0.25) is 11.8 Å². The number of fused-ring (bicyclic) bond motifs is 1. The Morgan fingerprint density at radius 3 is 2.84 bits per heavy atom. The van der Waals surface area contributed by atoms with Crippen LogP contribution in [0.15, 0.2) is 35.1 Å². The lowest BCUT2D eigenvalue weighted by Gasteiger charge is -2.24. The number of aryl methyl sites for hydroxylation is 1. The molecule has 1 atom stereocenters. The number of nitrogens with one attached hydrogen (secondary N) is 2. The number of carbonyl (C=O) groups is 3. The van der Waals surface area contributed by atoms with Gasteiger partial charge in [-0.05, 0) is 50.6 Å². The van der Waals surface area contributed by atoms with Crippen LogP contribution < -0.4 is 21.9 Å². The minimum absolute atomic E-state index is 0.156. The number of hydrogen-bond acceptors (Lipinski definition) is 7. The van der Waals surface area contributed by atoms with E-state index >= 15 is 0 Å². The van der Waals surface area contributed by atoms with Crippen molar-refractivity contribution in [3.05, 3.63) is 56.3 Å². The van der Waals surface area contributed by atoms with Gasteiger partial charge in [-0.25, -0.2) is 4.98 Å². The Bertz CT molecular complexity index is 1260. The first-order chi connectivity index (χ1) is 14.9. The van der Waals surface area contributed by atoms with Crippen LogP contribution in [0, 0.1) is 6.92 Å². The molecule has 0 radical (unpaired) electrons. The molecule has 1 saturated heterocycles. The van der Waals surface area contributed by atoms with E-state index in [1.807, 2.05) is 6.07 Å². The van der Waals surface area contributed by atoms with Gasteiger partial charge >= 0.3 is 0 Å². The van der Waals surface area contributed by atoms with Crippen molar-refractivity contribution in [2.24, 2.45) is 5.73 Å². The summed E-state index contributed by atoms with van der Waals surface area (Å²) in [7, 11) is 0. The molecule has 31 heavy (non-hydrogen) atoms. The van der Waals surface area contributed by atoms with Gasteiger partial charge in [0.1, 0.15) is 17.4 Å². The third kappa shape index (κ3) is 3.99. The average Bonchev–Trinajstić information content (AvgIpc) is 3.19. The van der Waals surface area contributed by atoms with Crippen molar-refractivity contribution in [1.29, 1.82) is 0 Å². The molecule has 0 bridgehead atoms. The molecule has 1 aromatic carbocycles. The van der Waals surface area contributed by atoms with Gasteiger partial charge in [0, 0.05) is 11.3 Å². The highest BCUT2D eigenvalue weighted by Crippen LogP contribution is 2.25. The molecular formula is C21H21N5O4S. The number of carbonyl (C=O) groups excluding carboxylic acids is 3. The molecular weight excluding hydrogens is 418 g/mol. The largest absolute Gasteiger partial charge is 0.330 e. The summed E-state index contributed by atoms with van der Waals surface area (Å²) < 4.78 is 1.31. The molecule has 4 N–H and O–H groups in total. The molecule has 10 heteroatoms. The number of piperidine rings is 1. The second-order valence-electron chi connectivity index (χ2n) is 7.26. The van der Waals surface area contributed by atoms with E-state index in [0.29, 0.717) is 34.9 Å². The number of anilines is 1. The Morgan fingerprint density at radius 1 is 1.29 bits per heavy atom. The number of imide groups is 1. The van der Waals surface area contributed by atoms with Gasteiger partial charge in [0.25, 0.3) is 11.5 Å². The van der Waals surface area contributed by atoms with Crippen LogP contribution in [-0.2, 0) is 16.0 Å². The second-order valence-corrected chi connectivity index (χ2v) is 8.43. The van der Waals surface area contributed by atoms with Crippen LogP contribution in [0.1, 0.15) is 39.3 Å². The fourth-order valence-electron chi connectivity index (χ4n) is 3.69. The van der Waals surface area contributed by atoms with Crippen LogP contribution in [0.3, 0.4) is 0 Å². The van der Waals surface area contributed by atoms with E-state index in [0.717, 1.165) is 4.88 Å².